The van der Waals surface area contributed by atoms with Crippen molar-refractivity contribution in [1.82, 2.24) is 14.8 Å². The predicted molar refractivity (Wildman–Crippen MR) is 116 cm³/mol. The second-order valence-corrected chi connectivity index (χ2v) is 8.25. The third-order valence-corrected chi connectivity index (χ3v) is 6.38. The lowest BCUT2D eigenvalue weighted by Gasteiger charge is -2.09. The van der Waals surface area contributed by atoms with Crippen molar-refractivity contribution >= 4 is 22.9 Å². The van der Waals surface area contributed by atoms with Crippen molar-refractivity contribution in [3.05, 3.63) is 56.8 Å². The quantitative estimate of drug-likeness (QED) is 0.601. The molecular formula is C22H28N4OS. The molecule has 6 heteroatoms. The van der Waals surface area contributed by atoms with E-state index < -0.39 is 0 Å². The normalized spacial score (nSPS) is 11.1. The van der Waals surface area contributed by atoms with Gasteiger partial charge >= 0.3 is 0 Å². The van der Waals surface area contributed by atoms with E-state index in [-0.39, 0.29) is 5.91 Å². The number of carbonyl (C=O) groups excluding carboxylic acids is 1. The number of thiazole rings is 1. The number of hydrogen-bond acceptors (Lipinski definition) is 4. The van der Waals surface area contributed by atoms with Crippen molar-refractivity contribution < 1.29 is 4.79 Å². The lowest BCUT2D eigenvalue weighted by molar-refractivity contribution is 0.102. The largest absolute Gasteiger partial charge is 0.321 e. The number of amides is 1. The number of carbonyl (C=O) groups is 1. The third kappa shape index (κ3) is 3.87. The first-order valence-electron chi connectivity index (χ1n) is 9.74. The predicted octanol–water partition coefficient (Wildman–Crippen LogP) is 5.47. The lowest BCUT2D eigenvalue weighted by Crippen LogP contribution is -2.12. The molecule has 1 N–H and O–H groups in total. The van der Waals surface area contributed by atoms with E-state index >= 15 is 0 Å². The van der Waals surface area contributed by atoms with Crippen LogP contribution in [0.5, 0.6) is 0 Å². The zero-order chi connectivity index (χ0) is 20.4. The Morgan fingerprint density at radius 3 is 2.61 bits per heavy atom. The number of nitrogens with zero attached hydrogens (tertiary/aromatic N) is 3. The molecule has 0 aliphatic heterocycles. The van der Waals surface area contributed by atoms with Gasteiger partial charge in [-0.15, -0.1) is 0 Å². The fourth-order valence-electron chi connectivity index (χ4n) is 3.33. The molecule has 0 aliphatic carbocycles. The molecule has 0 unspecified atom stereocenters. The first kappa shape index (κ1) is 20.3. The minimum atomic E-state index is -0.123. The van der Waals surface area contributed by atoms with Crippen molar-refractivity contribution in [2.45, 2.75) is 60.8 Å². The Bertz CT molecular complexity index is 1020. The zero-order valence-corrected chi connectivity index (χ0v) is 18.3. The van der Waals surface area contributed by atoms with E-state index in [1.807, 2.05) is 50.6 Å². The smallest absolute Gasteiger partial charge is 0.267 e. The molecular weight excluding hydrogens is 368 g/mol. The fourth-order valence-corrected chi connectivity index (χ4v) is 4.29. The van der Waals surface area contributed by atoms with Gasteiger partial charge in [-0.3, -0.25) is 4.79 Å². The SMILES string of the molecule is CCCCc1c(C)nn(-c2nc(C)c(C(=O)Nc3cccc(C)c3C)s2)c1C. The Kier molecular flexibility index (Phi) is 5.98. The number of rotatable bonds is 6. The molecule has 3 aromatic rings. The lowest BCUT2D eigenvalue weighted by atomic mass is 10.1. The van der Waals surface area contributed by atoms with Gasteiger partial charge in [0, 0.05) is 11.4 Å². The molecule has 0 radical (unpaired) electrons. The summed E-state index contributed by atoms with van der Waals surface area (Å²) in [4.78, 5) is 18.1. The highest BCUT2D eigenvalue weighted by Gasteiger charge is 2.20. The molecule has 28 heavy (non-hydrogen) atoms. The molecule has 1 amide bonds. The average molecular weight is 397 g/mol. The molecule has 148 valence electrons. The van der Waals surface area contributed by atoms with E-state index in [1.54, 1.807) is 0 Å². The summed E-state index contributed by atoms with van der Waals surface area (Å²) in [6.45, 7) is 12.3. The van der Waals surface area contributed by atoms with Crippen LogP contribution in [-0.4, -0.2) is 20.7 Å². The highest BCUT2D eigenvalue weighted by molar-refractivity contribution is 7.16. The van der Waals surface area contributed by atoms with Crippen LogP contribution in [0.15, 0.2) is 18.2 Å². The molecule has 2 heterocycles. The summed E-state index contributed by atoms with van der Waals surface area (Å²) in [7, 11) is 0. The molecule has 0 spiro atoms. The van der Waals surface area contributed by atoms with Crippen LogP contribution < -0.4 is 5.32 Å². The van der Waals surface area contributed by atoms with Crippen LogP contribution in [0.4, 0.5) is 5.69 Å². The maximum atomic E-state index is 12.9. The summed E-state index contributed by atoms with van der Waals surface area (Å²) in [5.41, 5.74) is 7.24. The minimum Gasteiger partial charge on any atom is -0.321 e. The first-order valence-corrected chi connectivity index (χ1v) is 10.6. The van der Waals surface area contributed by atoms with Gasteiger partial charge in [0.25, 0.3) is 5.91 Å². The summed E-state index contributed by atoms with van der Waals surface area (Å²) < 4.78 is 1.88. The van der Waals surface area contributed by atoms with Crippen LogP contribution in [0.2, 0.25) is 0 Å². The third-order valence-electron chi connectivity index (χ3n) is 5.25. The molecule has 3 rings (SSSR count). The van der Waals surface area contributed by atoms with Crippen LogP contribution in [0.25, 0.3) is 5.13 Å². The number of unbranched alkanes of at least 4 members (excludes halogenated alkanes) is 1. The Labute approximate surface area is 170 Å². The van der Waals surface area contributed by atoms with E-state index in [2.05, 4.69) is 29.2 Å². The number of anilines is 1. The molecule has 0 aliphatic rings. The maximum Gasteiger partial charge on any atom is 0.267 e. The van der Waals surface area contributed by atoms with Crippen molar-refractivity contribution in [2.24, 2.45) is 0 Å². The molecule has 0 saturated heterocycles. The van der Waals surface area contributed by atoms with Crippen LogP contribution in [-0.2, 0) is 6.42 Å². The zero-order valence-electron chi connectivity index (χ0n) is 17.5. The summed E-state index contributed by atoms with van der Waals surface area (Å²) in [5.74, 6) is -0.123. The van der Waals surface area contributed by atoms with Gasteiger partial charge in [-0.25, -0.2) is 9.67 Å². The van der Waals surface area contributed by atoms with E-state index in [9.17, 15) is 4.79 Å². The first-order chi connectivity index (χ1) is 13.3. The number of benzene rings is 1. The molecule has 5 nitrogen and oxygen atoms in total. The van der Waals surface area contributed by atoms with Gasteiger partial charge in [-0.1, -0.05) is 36.8 Å². The summed E-state index contributed by atoms with van der Waals surface area (Å²) in [5, 5.41) is 8.47. The van der Waals surface area contributed by atoms with Gasteiger partial charge in [-0.2, -0.15) is 5.10 Å². The molecule has 0 bridgehead atoms. The molecule has 2 aromatic heterocycles. The fraction of sp³-hybridized carbons (Fsp3) is 0.409. The topological polar surface area (TPSA) is 59.8 Å². The van der Waals surface area contributed by atoms with Crippen molar-refractivity contribution in [3.63, 3.8) is 0 Å². The number of aromatic nitrogens is 3. The van der Waals surface area contributed by atoms with Crippen LogP contribution in [0.3, 0.4) is 0 Å². The van der Waals surface area contributed by atoms with Gasteiger partial charge in [0.1, 0.15) is 4.88 Å². The van der Waals surface area contributed by atoms with Crippen LogP contribution in [0, 0.1) is 34.6 Å². The molecule has 0 fully saturated rings. The highest BCUT2D eigenvalue weighted by Crippen LogP contribution is 2.27. The Balaban J connectivity index is 1.89. The average Bonchev–Trinajstić information content (AvgIpc) is 3.17. The van der Waals surface area contributed by atoms with E-state index in [1.165, 1.54) is 16.9 Å². The van der Waals surface area contributed by atoms with Gasteiger partial charge in [0.15, 0.2) is 0 Å². The summed E-state index contributed by atoms with van der Waals surface area (Å²) >= 11 is 1.39. The van der Waals surface area contributed by atoms with Crippen molar-refractivity contribution in [1.29, 1.82) is 0 Å². The highest BCUT2D eigenvalue weighted by atomic mass is 32.1. The second kappa shape index (κ2) is 8.27. The maximum absolute atomic E-state index is 12.9. The van der Waals surface area contributed by atoms with Crippen LogP contribution >= 0.6 is 11.3 Å². The van der Waals surface area contributed by atoms with Gasteiger partial charge in [0.05, 0.1) is 11.4 Å². The summed E-state index contributed by atoms with van der Waals surface area (Å²) in [6, 6.07) is 5.93. The second-order valence-electron chi connectivity index (χ2n) is 7.28. The Hall–Kier alpha value is -2.47. The van der Waals surface area contributed by atoms with E-state index in [0.717, 1.165) is 58.3 Å². The molecule has 1 aromatic carbocycles. The molecule has 0 atom stereocenters. The van der Waals surface area contributed by atoms with Gasteiger partial charge in [0.2, 0.25) is 5.13 Å². The van der Waals surface area contributed by atoms with Crippen molar-refractivity contribution in [3.8, 4) is 5.13 Å². The molecule has 0 saturated carbocycles. The summed E-state index contributed by atoms with van der Waals surface area (Å²) in [6.07, 6.45) is 3.33. The number of nitrogens with one attached hydrogen (secondary N) is 1. The van der Waals surface area contributed by atoms with Crippen LogP contribution in [0.1, 0.15) is 63.2 Å². The number of aryl methyl sites for hydroxylation is 3. The van der Waals surface area contributed by atoms with E-state index in [0.29, 0.717) is 4.88 Å². The monoisotopic (exact) mass is 396 g/mol. The van der Waals surface area contributed by atoms with E-state index in [4.69, 9.17) is 0 Å². The minimum absolute atomic E-state index is 0.123. The number of hydrogen-bond donors (Lipinski definition) is 1. The van der Waals surface area contributed by atoms with Gasteiger partial charge in [-0.05, 0) is 70.2 Å². The van der Waals surface area contributed by atoms with Gasteiger partial charge < -0.3 is 5.32 Å². The Morgan fingerprint density at radius 2 is 1.89 bits per heavy atom. The standard InChI is InChI=1S/C22H28N4OS/c1-7-8-11-18-15(4)25-26(17(18)6)22-23-16(5)20(28-22)21(27)24-19-12-9-10-13(2)14(19)3/h9-10,12H,7-8,11H2,1-6H3,(H,24,27). The van der Waals surface area contributed by atoms with Crippen molar-refractivity contribution in [2.75, 3.05) is 5.32 Å². The Morgan fingerprint density at radius 1 is 1.14 bits per heavy atom.